The molecule has 0 aromatic rings. The fourth-order valence-electron chi connectivity index (χ4n) is 1.46. The monoisotopic (exact) mass is 295 g/mol. The number of primary amides is 1. The van der Waals surface area contributed by atoms with Crippen molar-refractivity contribution in [2.24, 2.45) is 5.73 Å². The van der Waals surface area contributed by atoms with Crippen LogP contribution < -0.4 is 5.73 Å². The second-order valence-corrected chi connectivity index (χ2v) is 11.5. The van der Waals surface area contributed by atoms with E-state index in [0.29, 0.717) is 12.8 Å². The van der Waals surface area contributed by atoms with E-state index < -0.39 is 8.32 Å². The second-order valence-electron chi connectivity index (χ2n) is 6.70. The zero-order valence-corrected chi connectivity index (χ0v) is 15.0. The number of carbonyl (C=O) groups excluding carboxylic acids is 1. The van der Waals surface area contributed by atoms with E-state index >= 15 is 0 Å². The molecule has 2 N–H and O–H groups in total. The van der Waals surface area contributed by atoms with E-state index in [1.807, 2.05) is 13.0 Å². The zero-order chi connectivity index (χ0) is 16.0. The SMILES string of the molecule is C/C(C#CCCC(N)=O)=C\[C@@H](C)O[Si](C)(C)C(C)(C)C. The van der Waals surface area contributed by atoms with Crippen LogP contribution in [0.3, 0.4) is 0 Å². The molecular formula is C16H29NO2Si. The van der Waals surface area contributed by atoms with E-state index in [1.165, 1.54) is 0 Å². The first-order valence-corrected chi connectivity index (χ1v) is 10.00. The molecule has 0 unspecified atom stereocenters. The summed E-state index contributed by atoms with van der Waals surface area (Å²) >= 11 is 0. The van der Waals surface area contributed by atoms with Gasteiger partial charge in [-0.15, -0.1) is 0 Å². The predicted molar refractivity (Wildman–Crippen MR) is 87.7 cm³/mol. The maximum atomic E-state index is 10.6. The van der Waals surface area contributed by atoms with Crippen molar-refractivity contribution >= 4 is 14.2 Å². The first-order chi connectivity index (χ1) is 8.95. The number of carbonyl (C=O) groups is 1. The van der Waals surface area contributed by atoms with Gasteiger partial charge >= 0.3 is 0 Å². The van der Waals surface area contributed by atoms with Gasteiger partial charge in [0.15, 0.2) is 8.32 Å². The first-order valence-electron chi connectivity index (χ1n) is 7.09. The Morgan fingerprint density at radius 1 is 1.40 bits per heavy atom. The summed E-state index contributed by atoms with van der Waals surface area (Å²) in [5, 5.41) is 0.205. The lowest BCUT2D eigenvalue weighted by atomic mass is 10.2. The number of nitrogens with two attached hydrogens (primary N) is 1. The molecule has 4 heteroatoms. The van der Waals surface area contributed by atoms with Crippen molar-refractivity contribution < 1.29 is 9.22 Å². The van der Waals surface area contributed by atoms with E-state index in [0.717, 1.165) is 5.57 Å². The molecule has 0 heterocycles. The summed E-state index contributed by atoms with van der Waals surface area (Å²) in [4.78, 5) is 10.6. The third-order valence-electron chi connectivity index (χ3n) is 3.55. The van der Waals surface area contributed by atoms with Crippen LogP contribution in [0.5, 0.6) is 0 Å². The lowest BCUT2D eigenvalue weighted by molar-refractivity contribution is -0.117. The molecule has 1 amide bonds. The highest BCUT2D eigenvalue weighted by Crippen LogP contribution is 2.37. The molecule has 0 saturated carbocycles. The second kappa shape index (κ2) is 7.66. The molecule has 0 radical (unpaired) electrons. The molecule has 0 spiro atoms. The van der Waals surface area contributed by atoms with Crippen molar-refractivity contribution in [3.05, 3.63) is 11.6 Å². The van der Waals surface area contributed by atoms with E-state index in [9.17, 15) is 4.79 Å². The van der Waals surface area contributed by atoms with Crippen molar-refractivity contribution in [2.75, 3.05) is 0 Å². The fourth-order valence-corrected chi connectivity index (χ4v) is 2.81. The Morgan fingerprint density at radius 3 is 2.40 bits per heavy atom. The van der Waals surface area contributed by atoms with Crippen molar-refractivity contribution in [3.8, 4) is 11.8 Å². The quantitative estimate of drug-likeness (QED) is 0.622. The third-order valence-corrected chi connectivity index (χ3v) is 8.13. The average Bonchev–Trinajstić information content (AvgIpc) is 2.21. The van der Waals surface area contributed by atoms with Crippen LogP contribution in [-0.4, -0.2) is 20.3 Å². The van der Waals surface area contributed by atoms with E-state index in [2.05, 4.69) is 52.6 Å². The summed E-state index contributed by atoms with van der Waals surface area (Å²) in [7, 11) is -1.74. The maximum absolute atomic E-state index is 10.6. The number of amides is 1. The van der Waals surface area contributed by atoms with Gasteiger partial charge in [-0.25, -0.2) is 0 Å². The molecule has 0 aliphatic carbocycles. The van der Waals surface area contributed by atoms with Gasteiger partial charge in [0.2, 0.25) is 5.91 Å². The van der Waals surface area contributed by atoms with Gasteiger partial charge in [0, 0.05) is 12.8 Å². The van der Waals surface area contributed by atoms with Gasteiger partial charge in [0.05, 0.1) is 6.10 Å². The Bertz CT molecular complexity index is 422. The molecule has 20 heavy (non-hydrogen) atoms. The van der Waals surface area contributed by atoms with Crippen LogP contribution in [0, 0.1) is 11.8 Å². The van der Waals surface area contributed by atoms with Crippen LogP contribution in [0.2, 0.25) is 18.1 Å². The summed E-state index contributed by atoms with van der Waals surface area (Å²) in [5.41, 5.74) is 6.04. The van der Waals surface area contributed by atoms with Crippen LogP contribution in [0.4, 0.5) is 0 Å². The summed E-state index contributed by atoms with van der Waals surface area (Å²) in [5.74, 6) is 5.67. The standard InChI is InChI=1S/C16H29NO2Si/c1-13(10-8-9-11-15(17)18)12-14(2)19-20(6,7)16(3,4)5/h12,14H,9,11H2,1-7H3,(H2,17,18)/b13-12+/t14-/m1/s1. The highest BCUT2D eigenvalue weighted by Gasteiger charge is 2.38. The normalized spacial score (nSPS) is 14.4. The van der Waals surface area contributed by atoms with Gasteiger partial charge < -0.3 is 10.2 Å². The van der Waals surface area contributed by atoms with Gasteiger partial charge in [-0.05, 0) is 43.6 Å². The van der Waals surface area contributed by atoms with Crippen molar-refractivity contribution in [1.82, 2.24) is 0 Å². The minimum Gasteiger partial charge on any atom is -0.411 e. The van der Waals surface area contributed by atoms with Crippen LogP contribution in [0.15, 0.2) is 11.6 Å². The van der Waals surface area contributed by atoms with Gasteiger partial charge in [0.25, 0.3) is 0 Å². The molecule has 1 atom stereocenters. The largest absolute Gasteiger partial charge is 0.411 e. The van der Waals surface area contributed by atoms with Gasteiger partial charge in [-0.1, -0.05) is 32.6 Å². The lowest BCUT2D eigenvalue weighted by Gasteiger charge is -2.37. The number of allylic oxidation sites excluding steroid dienone is 1. The molecule has 0 aromatic heterocycles. The molecule has 0 aliphatic rings. The first kappa shape index (κ1) is 18.9. The van der Waals surface area contributed by atoms with Crippen LogP contribution >= 0.6 is 0 Å². The Labute approximate surface area is 125 Å². The van der Waals surface area contributed by atoms with Gasteiger partial charge in [-0.2, -0.15) is 0 Å². The molecule has 0 aliphatic heterocycles. The predicted octanol–water partition coefficient (Wildman–Crippen LogP) is 3.61. The topological polar surface area (TPSA) is 52.3 Å². The molecule has 0 bridgehead atoms. The maximum Gasteiger partial charge on any atom is 0.218 e. The summed E-state index contributed by atoms with van der Waals surface area (Å²) in [6.07, 6.45) is 2.92. The van der Waals surface area contributed by atoms with Crippen molar-refractivity contribution in [1.29, 1.82) is 0 Å². The Kier molecular flexibility index (Phi) is 7.25. The fraction of sp³-hybridized carbons (Fsp3) is 0.688. The van der Waals surface area contributed by atoms with Crippen molar-refractivity contribution in [2.45, 2.75) is 71.7 Å². The molecule has 0 aromatic carbocycles. The van der Waals surface area contributed by atoms with E-state index in [1.54, 1.807) is 0 Å². The van der Waals surface area contributed by atoms with Gasteiger partial charge in [-0.3, -0.25) is 4.79 Å². The highest BCUT2D eigenvalue weighted by molar-refractivity contribution is 6.74. The van der Waals surface area contributed by atoms with Crippen molar-refractivity contribution in [3.63, 3.8) is 0 Å². The number of hydrogen-bond donors (Lipinski definition) is 1. The summed E-state index contributed by atoms with van der Waals surface area (Å²) in [6.45, 7) is 15.2. The Balaban J connectivity index is 4.54. The van der Waals surface area contributed by atoms with Crippen LogP contribution in [0.1, 0.15) is 47.5 Å². The minimum atomic E-state index is -1.74. The summed E-state index contributed by atoms with van der Waals surface area (Å²) in [6, 6.07) is 0. The zero-order valence-electron chi connectivity index (χ0n) is 14.0. The molecule has 3 nitrogen and oxygen atoms in total. The highest BCUT2D eigenvalue weighted by atomic mass is 28.4. The molecule has 114 valence electrons. The smallest absolute Gasteiger partial charge is 0.218 e. The minimum absolute atomic E-state index is 0.0568. The Morgan fingerprint density at radius 2 is 1.95 bits per heavy atom. The van der Waals surface area contributed by atoms with Crippen LogP contribution in [-0.2, 0) is 9.22 Å². The Hall–Kier alpha value is -1.05. The number of rotatable bonds is 5. The molecule has 0 fully saturated rings. The lowest BCUT2D eigenvalue weighted by Crippen LogP contribution is -2.42. The molecular weight excluding hydrogens is 266 g/mol. The van der Waals surface area contributed by atoms with E-state index in [4.69, 9.17) is 10.2 Å². The van der Waals surface area contributed by atoms with Crippen LogP contribution in [0.25, 0.3) is 0 Å². The molecule has 0 rings (SSSR count). The van der Waals surface area contributed by atoms with E-state index in [-0.39, 0.29) is 17.0 Å². The summed E-state index contributed by atoms with van der Waals surface area (Å²) < 4.78 is 6.24. The molecule has 0 saturated heterocycles. The number of hydrogen-bond acceptors (Lipinski definition) is 2. The third kappa shape index (κ3) is 7.52. The average molecular weight is 295 g/mol. The van der Waals surface area contributed by atoms with Gasteiger partial charge in [0.1, 0.15) is 0 Å².